The summed E-state index contributed by atoms with van der Waals surface area (Å²) < 4.78 is 7.10. The maximum atomic E-state index is 5.32. The number of ether oxygens (including phenoxy) is 1. The molecule has 1 fully saturated rings. The lowest BCUT2D eigenvalue weighted by atomic mass is 10.2. The molecular weight excluding hydrogens is 340 g/mol. The van der Waals surface area contributed by atoms with Crippen molar-refractivity contribution in [3.63, 3.8) is 0 Å². The molecule has 0 spiro atoms. The molecule has 7 nitrogen and oxygen atoms in total. The molecule has 1 saturated heterocycles. The first-order valence-electron chi connectivity index (χ1n) is 9.17. The van der Waals surface area contributed by atoms with Crippen molar-refractivity contribution in [3.05, 3.63) is 60.2 Å². The minimum Gasteiger partial charge on any atom is -0.497 e. The fourth-order valence-corrected chi connectivity index (χ4v) is 3.38. The van der Waals surface area contributed by atoms with Gasteiger partial charge in [-0.1, -0.05) is 12.1 Å². The summed E-state index contributed by atoms with van der Waals surface area (Å²) in [6, 6.07) is 12.2. The van der Waals surface area contributed by atoms with Crippen molar-refractivity contribution in [1.82, 2.24) is 24.6 Å². The number of anilines is 1. The molecule has 0 radical (unpaired) electrons. The number of rotatable bonds is 5. The molecule has 3 aromatic rings. The summed E-state index contributed by atoms with van der Waals surface area (Å²) in [7, 11) is 1.71. The predicted molar refractivity (Wildman–Crippen MR) is 104 cm³/mol. The first-order chi connectivity index (χ1) is 13.2. The van der Waals surface area contributed by atoms with Crippen LogP contribution in [0.15, 0.2) is 48.8 Å². The van der Waals surface area contributed by atoms with Gasteiger partial charge in [-0.25, -0.2) is 14.6 Å². The van der Waals surface area contributed by atoms with E-state index >= 15 is 0 Å². The Morgan fingerprint density at radius 1 is 1.00 bits per heavy atom. The van der Waals surface area contributed by atoms with Crippen LogP contribution in [0.5, 0.6) is 5.75 Å². The normalized spacial score (nSPS) is 15.1. The molecule has 1 aliphatic rings. The van der Waals surface area contributed by atoms with Gasteiger partial charge < -0.3 is 9.64 Å². The molecule has 0 amide bonds. The molecule has 3 heterocycles. The molecule has 0 saturated carbocycles. The van der Waals surface area contributed by atoms with E-state index in [0.29, 0.717) is 0 Å². The monoisotopic (exact) mass is 364 g/mol. The number of benzene rings is 1. The summed E-state index contributed by atoms with van der Waals surface area (Å²) >= 11 is 0. The summed E-state index contributed by atoms with van der Waals surface area (Å²) in [6.07, 6.45) is 3.66. The molecule has 0 aliphatic carbocycles. The van der Waals surface area contributed by atoms with Crippen LogP contribution in [-0.4, -0.2) is 57.9 Å². The maximum Gasteiger partial charge on any atom is 0.159 e. The largest absolute Gasteiger partial charge is 0.497 e. The minimum absolute atomic E-state index is 0.761. The van der Waals surface area contributed by atoms with Crippen LogP contribution in [0.3, 0.4) is 0 Å². The molecule has 0 bridgehead atoms. The fraction of sp³-hybridized carbons (Fsp3) is 0.350. The highest BCUT2D eigenvalue weighted by molar-refractivity contribution is 5.44. The van der Waals surface area contributed by atoms with Gasteiger partial charge in [0.1, 0.15) is 17.4 Å². The van der Waals surface area contributed by atoms with E-state index < -0.39 is 0 Å². The van der Waals surface area contributed by atoms with E-state index in [1.807, 2.05) is 37.4 Å². The lowest BCUT2D eigenvalue weighted by molar-refractivity contribution is 0.249. The first-order valence-corrected chi connectivity index (χ1v) is 9.17. The Hall–Kier alpha value is -2.93. The van der Waals surface area contributed by atoms with Gasteiger partial charge in [0.05, 0.1) is 7.11 Å². The number of piperazine rings is 1. The van der Waals surface area contributed by atoms with Gasteiger partial charge in [-0.3, -0.25) is 4.90 Å². The Labute approximate surface area is 159 Å². The summed E-state index contributed by atoms with van der Waals surface area (Å²) in [5.74, 6) is 3.45. The number of aromatic nitrogens is 4. The van der Waals surface area contributed by atoms with Gasteiger partial charge in [0.15, 0.2) is 5.82 Å². The Morgan fingerprint density at radius 3 is 2.56 bits per heavy atom. The van der Waals surface area contributed by atoms with Crippen molar-refractivity contribution in [2.45, 2.75) is 13.5 Å². The average Bonchev–Trinajstić information content (AvgIpc) is 3.23. The third kappa shape index (κ3) is 4.09. The number of hydrogen-bond donors (Lipinski definition) is 0. The van der Waals surface area contributed by atoms with Gasteiger partial charge in [-0.15, -0.1) is 0 Å². The molecule has 0 unspecified atom stereocenters. The van der Waals surface area contributed by atoms with Gasteiger partial charge >= 0.3 is 0 Å². The Balaban J connectivity index is 1.42. The molecule has 0 N–H and O–H groups in total. The Kier molecular flexibility index (Phi) is 5.02. The van der Waals surface area contributed by atoms with Crippen LogP contribution in [0.2, 0.25) is 0 Å². The highest BCUT2D eigenvalue weighted by Gasteiger charge is 2.19. The van der Waals surface area contributed by atoms with Gasteiger partial charge in [-0.2, -0.15) is 5.10 Å². The quantitative estimate of drug-likeness (QED) is 0.692. The zero-order valence-corrected chi connectivity index (χ0v) is 15.7. The van der Waals surface area contributed by atoms with Gasteiger partial charge in [0.2, 0.25) is 0 Å². The number of nitrogens with zero attached hydrogens (tertiary/aromatic N) is 6. The van der Waals surface area contributed by atoms with Gasteiger partial charge in [0, 0.05) is 51.2 Å². The summed E-state index contributed by atoms with van der Waals surface area (Å²) in [6.45, 7) is 6.74. The summed E-state index contributed by atoms with van der Waals surface area (Å²) in [4.78, 5) is 13.9. The van der Waals surface area contributed by atoms with Crippen molar-refractivity contribution in [2.24, 2.45) is 0 Å². The molecule has 7 heteroatoms. The topological polar surface area (TPSA) is 59.3 Å². The van der Waals surface area contributed by atoms with Crippen LogP contribution >= 0.6 is 0 Å². The van der Waals surface area contributed by atoms with Crippen LogP contribution in [-0.2, 0) is 6.54 Å². The van der Waals surface area contributed by atoms with Crippen molar-refractivity contribution >= 4 is 5.82 Å². The lowest BCUT2D eigenvalue weighted by Crippen LogP contribution is -2.46. The molecular formula is C20H24N6O. The van der Waals surface area contributed by atoms with Gasteiger partial charge in [-0.05, 0) is 30.7 Å². The third-order valence-electron chi connectivity index (χ3n) is 4.79. The average molecular weight is 364 g/mol. The second-order valence-electron chi connectivity index (χ2n) is 6.70. The predicted octanol–water partition coefficient (Wildman–Crippen LogP) is 2.30. The molecule has 1 aromatic carbocycles. The van der Waals surface area contributed by atoms with Crippen LogP contribution in [0, 0.1) is 6.92 Å². The third-order valence-corrected chi connectivity index (χ3v) is 4.79. The molecule has 4 rings (SSSR count). The minimum atomic E-state index is 0.761. The fourth-order valence-electron chi connectivity index (χ4n) is 3.38. The number of methoxy groups -OCH3 is 1. The molecule has 27 heavy (non-hydrogen) atoms. The highest BCUT2D eigenvalue weighted by atomic mass is 16.5. The van der Waals surface area contributed by atoms with E-state index in [1.165, 1.54) is 5.56 Å². The maximum absolute atomic E-state index is 5.32. The summed E-state index contributed by atoms with van der Waals surface area (Å²) in [5, 5.41) is 4.28. The van der Waals surface area contributed by atoms with Crippen molar-refractivity contribution in [3.8, 4) is 11.6 Å². The van der Waals surface area contributed by atoms with E-state index in [9.17, 15) is 0 Å². The molecule has 2 aromatic heterocycles. The van der Waals surface area contributed by atoms with Crippen LogP contribution in [0.1, 0.15) is 11.4 Å². The summed E-state index contributed by atoms with van der Waals surface area (Å²) in [5.41, 5.74) is 1.28. The van der Waals surface area contributed by atoms with Crippen LogP contribution < -0.4 is 9.64 Å². The molecule has 0 atom stereocenters. The number of hydrogen-bond acceptors (Lipinski definition) is 6. The van der Waals surface area contributed by atoms with E-state index in [1.54, 1.807) is 18.0 Å². The standard InChI is InChI=1S/C20H24N6O/c1-16-22-19(14-20(23-16)26-8-4-7-21-26)25-11-9-24(10-12-25)15-17-5-3-6-18(13-17)27-2/h3-8,13-14H,9-12,15H2,1-2H3. The Bertz CT molecular complexity index is 887. The second-order valence-corrected chi connectivity index (χ2v) is 6.70. The van der Waals surface area contributed by atoms with E-state index in [4.69, 9.17) is 4.74 Å². The zero-order valence-electron chi connectivity index (χ0n) is 15.7. The first kappa shape index (κ1) is 17.5. The van der Waals surface area contributed by atoms with Crippen LogP contribution in [0.4, 0.5) is 5.82 Å². The molecule has 140 valence electrons. The van der Waals surface area contributed by atoms with E-state index in [-0.39, 0.29) is 0 Å². The van der Waals surface area contributed by atoms with Crippen molar-refractivity contribution in [2.75, 3.05) is 38.2 Å². The van der Waals surface area contributed by atoms with Crippen LogP contribution in [0.25, 0.3) is 5.82 Å². The number of aryl methyl sites for hydroxylation is 1. The van der Waals surface area contributed by atoms with E-state index in [2.05, 4.69) is 37.0 Å². The Morgan fingerprint density at radius 2 is 1.81 bits per heavy atom. The van der Waals surface area contributed by atoms with Crippen molar-refractivity contribution in [1.29, 1.82) is 0 Å². The zero-order chi connectivity index (χ0) is 18.6. The molecule has 1 aliphatic heterocycles. The SMILES string of the molecule is COc1cccc(CN2CCN(c3cc(-n4cccn4)nc(C)n3)CC2)c1. The van der Waals surface area contributed by atoms with Crippen molar-refractivity contribution < 1.29 is 4.74 Å². The second kappa shape index (κ2) is 7.75. The van der Waals surface area contributed by atoms with E-state index in [0.717, 1.165) is 55.9 Å². The van der Waals surface area contributed by atoms with Gasteiger partial charge in [0.25, 0.3) is 0 Å². The smallest absolute Gasteiger partial charge is 0.159 e. The lowest BCUT2D eigenvalue weighted by Gasteiger charge is -2.35. The highest BCUT2D eigenvalue weighted by Crippen LogP contribution is 2.19.